The molecular formula is C4H12IN3. The van der Waals surface area contributed by atoms with E-state index in [0.717, 1.165) is 6.54 Å². The van der Waals surface area contributed by atoms with E-state index < -0.39 is 0 Å². The smallest absolute Gasteiger partial charge is 0.132 e. The van der Waals surface area contributed by atoms with Gasteiger partial charge in [0.2, 0.25) is 0 Å². The lowest BCUT2D eigenvalue weighted by atomic mass is 10.5. The highest BCUT2D eigenvalue weighted by molar-refractivity contribution is 14.1. The van der Waals surface area contributed by atoms with E-state index in [2.05, 4.69) is 33.2 Å². The van der Waals surface area contributed by atoms with Gasteiger partial charge in [-0.05, 0) is 36.7 Å². The van der Waals surface area contributed by atoms with Crippen LogP contribution < -0.4 is 16.4 Å². The Morgan fingerprint density at radius 2 is 2.12 bits per heavy atom. The van der Waals surface area contributed by atoms with Gasteiger partial charge in [0.1, 0.15) is 3.67 Å². The van der Waals surface area contributed by atoms with E-state index in [1.807, 2.05) is 14.1 Å². The molecule has 0 radical (unpaired) electrons. The molecule has 0 spiro atoms. The number of alkyl halides is 1. The number of nitrogens with two attached hydrogens (primary N) is 1. The molecule has 0 aromatic carbocycles. The molecule has 0 aliphatic rings. The van der Waals surface area contributed by atoms with Crippen LogP contribution in [0.5, 0.6) is 0 Å². The number of halogens is 1. The van der Waals surface area contributed by atoms with Gasteiger partial charge in [0.15, 0.2) is 0 Å². The Bertz CT molecular complexity index is 64.3. The van der Waals surface area contributed by atoms with Gasteiger partial charge in [-0.15, -0.1) is 0 Å². The first-order valence-electron chi connectivity index (χ1n) is 2.43. The maximum Gasteiger partial charge on any atom is 0.132 e. The largest absolute Gasteiger partial charge is 0.316 e. The molecule has 3 nitrogen and oxygen atoms in total. The van der Waals surface area contributed by atoms with E-state index in [1.165, 1.54) is 0 Å². The van der Waals surface area contributed by atoms with Crippen molar-refractivity contribution in [3.05, 3.63) is 0 Å². The number of hydrogen-bond acceptors (Lipinski definition) is 3. The van der Waals surface area contributed by atoms with Gasteiger partial charge in [0.25, 0.3) is 0 Å². The summed E-state index contributed by atoms with van der Waals surface area (Å²) in [5, 5.41) is 5.91. The molecule has 4 heteroatoms. The van der Waals surface area contributed by atoms with Crippen LogP contribution in [-0.4, -0.2) is 24.3 Å². The maximum absolute atomic E-state index is 5.64. The van der Waals surface area contributed by atoms with E-state index in [9.17, 15) is 0 Å². The SMILES string of the molecule is CNCC(N)(I)NC. The average molecular weight is 229 g/mol. The fraction of sp³-hybridized carbons (Fsp3) is 1.00. The van der Waals surface area contributed by atoms with Gasteiger partial charge in [-0.3, -0.25) is 5.32 Å². The van der Waals surface area contributed by atoms with E-state index >= 15 is 0 Å². The summed E-state index contributed by atoms with van der Waals surface area (Å²) in [5.74, 6) is 0. The van der Waals surface area contributed by atoms with Crippen molar-refractivity contribution in [1.82, 2.24) is 10.6 Å². The molecule has 0 fully saturated rings. The van der Waals surface area contributed by atoms with Gasteiger partial charge < -0.3 is 11.1 Å². The Hall–Kier alpha value is 0.610. The zero-order valence-electron chi connectivity index (χ0n) is 5.16. The van der Waals surface area contributed by atoms with Crippen LogP contribution in [0.4, 0.5) is 0 Å². The van der Waals surface area contributed by atoms with Crippen molar-refractivity contribution in [2.24, 2.45) is 5.73 Å². The molecule has 1 atom stereocenters. The summed E-state index contributed by atoms with van der Waals surface area (Å²) >= 11 is 2.14. The van der Waals surface area contributed by atoms with Crippen molar-refractivity contribution in [3.63, 3.8) is 0 Å². The number of rotatable bonds is 3. The third-order valence-corrected chi connectivity index (χ3v) is 1.77. The van der Waals surface area contributed by atoms with E-state index in [4.69, 9.17) is 5.73 Å². The van der Waals surface area contributed by atoms with Gasteiger partial charge in [0.05, 0.1) is 0 Å². The molecule has 0 saturated heterocycles. The standard InChI is InChI=1S/C4H12IN3/c1-7-3-4(5,6)8-2/h7-8H,3,6H2,1-2H3. The molecule has 0 aliphatic carbocycles. The van der Waals surface area contributed by atoms with Crippen molar-refractivity contribution < 1.29 is 0 Å². The molecule has 0 rings (SSSR count). The summed E-state index contributed by atoms with van der Waals surface area (Å²) in [5.41, 5.74) is 5.64. The molecule has 0 aromatic heterocycles. The van der Waals surface area contributed by atoms with Crippen LogP contribution in [0.25, 0.3) is 0 Å². The van der Waals surface area contributed by atoms with Crippen molar-refractivity contribution in [3.8, 4) is 0 Å². The van der Waals surface area contributed by atoms with Crippen LogP contribution in [0.1, 0.15) is 0 Å². The van der Waals surface area contributed by atoms with Crippen LogP contribution in [0.15, 0.2) is 0 Å². The van der Waals surface area contributed by atoms with Gasteiger partial charge >= 0.3 is 0 Å². The van der Waals surface area contributed by atoms with Crippen molar-refractivity contribution in [1.29, 1.82) is 0 Å². The molecule has 1 unspecified atom stereocenters. The van der Waals surface area contributed by atoms with Gasteiger partial charge in [-0.1, -0.05) is 0 Å². The second-order valence-corrected chi connectivity index (χ2v) is 3.57. The minimum Gasteiger partial charge on any atom is -0.316 e. The molecule has 0 amide bonds. The van der Waals surface area contributed by atoms with Gasteiger partial charge in [0, 0.05) is 6.54 Å². The quantitative estimate of drug-likeness (QED) is 0.264. The van der Waals surface area contributed by atoms with Crippen LogP contribution >= 0.6 is 22.6 Å². The van der Waals surface area contributed by atoms with Crippen molar-refractivity contribution >= 4 is 22.6 Å². The van der Waals surface area contributed by atoms with E-state index in [0.29, 0.717) is 0 Å². The minimum absolute atomic E-state index is 0.299. The Labute approximate surface area is 63.5 Å². The predicted octanol–water partition coefficient (Wildman–Crippen LogP) is -0.527. The van der Waals surface area contributed by atoms with Crippen LogP contribution in [0.2, 0.25) is 0 Å². The summed E-state index contributed by atoms with van der Waals surface area (Å²) < 4.78 is -0.299. The first-order valence-corrected chi connectivity index (χ1v) is 3.51. The van der Waals surface area contributed by atoms with Gasteiger partial charge in [-0.2, -0.15) is 0 Å². The predicted molar refractivity (Wildman–Crippen MR) is 43.9 cm³/mol. The van der Waals surface area contributed by atoms with Crippen LogP contribution in [0.3, 0.4) is 0 Å². The topological polar surface area (TPSA) is 50.1 Å². The number of likely N-dealkylation sites (N-methyl/N-ethyl adjacent to an activating group) is 2. The average Bonchev–Trinajstić information content (AvgIpc) is 1.67. The Balaban J connectivity index is 3.37. The third kappa shape index (κ3) is 3.59. The lowest BCUT2D eigenvalue weighted by Crippen LogP contribution is -2.52. The third-order valence-electron chi connectivity index (χ3n) is 0.850. The van der Waals surface area contributed by atoms with Crippen molar-refractivity contribution in [2.75, 3.05) is 20.6 Å². The summed E-state index contributed by atoms with van der Waals surface area (Å²) in [6, 6.07) is 0. The molecule has 8 heavy (non-hydrogen) atoms. The molecule has 0 aliphatic heterocycles. The minimum atomic E-state index is -0.299. The number of hydrogen-bond donors (Lipinski definition) is 3. The molecule has 0 bridgehead atoms. The highest BCUT2D eigenvalue weighted by Gasteiger charge is 2.14. The van der Waals surface area contributed by atoms with E-state index in [1.54, 1.807) is 0 Å². The lowest BCUT2D eigenvalue weighted by Gasteiger charge is -2.20. The summed E-state index contributed by atoms with van der Waals surface area (Å²) in [7, 11) is 3.71. The first kappa shape index (κ1) is 8.61. The Kier molecular flexibility index (Phi) is 3.87. The summed E-state index contributed by atoms with van der Waals surface area (Å²) in [6.07, 6.45) is 0. The second-order valence-electron chi connectivity index (χ2n) is 1.64. The molecule has 0 saturated carbocycles. The monoisotopic (exact) mass is 229 g/mol. The van der Waals surface area contributed by atoms with E-state index in [-0.39, 0.29) is 3.67 Å². The highest BCUT2D eigenvalue weighted by Crippen LogP contribution is 2.02. The zero-order chi connectivity index (χ0) is 6.62. The fourth-order valence-electron chi connectivity index (χ4n) is 0.346. The number of nitrogens with one attached hydrogen (secondary N) is 2. The molecule has 0 aromatic rings. The zero-order valence-corrected chi connectivity index (χ0v) is 7.32. The highest BCUT2D eigenvalue weighted by atomic mass is 127. The molecule has 0 heterocycles. The maximum atomic E-state index is 5.64. The fourth-order valence-corrected chi connectivity index (χ4v) is 0.727. The normalized spacial score (nSPS) is 18.0. The van der Waals surface area contributed by atoms with Crippen LogP contribution in [-0.2, 0) is 0 Å². The Morgan fingerprint density at radius 3 is 2.25 bits per heavy atom. The Morgan fingerprint density at radius 1 is 1.62 bits per heavy atom. The molecule has 4 N–H and O–H groups in total. The first-order chi connectivity index (χ1) is 3.62. The summed E-state index contributed by atoms with van der Waals surface area (Å²) in [6.45, 7) is 0.768. The molecule has 50 valence electrons. The van der Waals surface area contributed by atoms with Crippen LogP contribution in [0, 0.1) is 0 Å². The van der Waals surface area contributed by atoms with Gasteiger partial charge in [-0.25, -0.2) is 0 Å². The second kappa shape index (κ2) is 3.60. The lowest BCUT2D eigenvalue weighted by molar-refractivity contribution is 0.528. The summed E-state index contributed by atoms with van der Waals surface area (Å²) in [4.78, 5) is 0. The molecular weight excluding hydrogens is 217 g/mol. The van der Waals surface area contributed by atoms with Crippen molar-refractivity contribution in [2.45, 2.75) is 3.67 Å².